The predicted octanol–water partition coefficient (Wildman–Crippen LogP) is 3.77. The van der Waals surface area contributed by atoms with Crippen LogP contribution < -0.4 is 9.47 Å². The summed E-state index contributed by atoms with van der Waals surface area (Å²) < 4.78 is 40.3. The van der Waals surface area contributed by atoms with Crippen molar-refractivity contribution in [3.05, 3.63) is 41.0 Å². The van der Waals surface area contributed by atoms with Gasteiger partial charge in [0.05, 0.1) is 19.3 Å². The number of methoxy groups -OCH3 is 1. The first kappa shape index (κ1) is 30.2. The molecule has 3 aliphatic rings. The molecule has 220 valence electrons. The fraction of sp³-hybridized carbons (Fsp3) is 0.600. The number of carbonyl (C=O) groups is 2. The molecule has 4 rings (SSSR count). The Bertz CT molecular complexity index is 1110. The Hall–Kier alpha value is -2.76. The van der Waals surface area contributed by atoms with Crippen molar-refractivity contribution in [1.29, 1.82) is 0 Å². The first-order valence-electron chi connectivity index (χ1n) is 13.8. The van der Waals surface area contributed by atoms with E-state index in [1.807, 2.05) is 13.0 Å². The molecule has 0 spiro atoms. The van der Waals surface area contributed by atoms with Gasteiger partial charge in [-0.15, -0.1) is 0 Å². The molecule has 1 aromatic carbocycles. The number of hydrogen-bond donors (Lipinski definition) is 0. The van der Waals surface area contributed by atoms with Gasteiger partial charge >= 0.3 is 5.97 Å². The number of rotatable bonds is 7. The minimum absolute atomic E-state index is 0.0543. The smallest absolute Gasteiger partial charge is 0.343 e. The molecule has 3 heterocycles. The van der Waals surface area contributed by atoms with Crippen LogP contribution in [0, 0.1) is 0 Å². The predicted molar refractivity (Wildman–Crippen MR) is 147 cm³/mol. The number of esters is 1. The molecule has 0 bridgehead atoms. The van der Waals surface area contributed by atoms with E-state index in [4.69, 9.17) is 33.2 Å². The van der Waals surface area contributed by atoms with Crippen molar-refractivity contribution in [2.45, 2.75) is 64.6 Å². The number of morpholine rings is 1. The van der Waals surface area contributed by atoms with Crippen molar-refractivity contribution < 1.29 is 42.7 Å². The summed E-state index contributed by atoms with van der Waals surface area (Å²) in [7, 11) is 1.51. The molecule has 0 radical (unpaired) electrons. The molecule has 1 aromatic rings. The quantitative estimate of drug-likeness (QED) is 0.279. The molecule has 0 saturated carbocycles. The van der Waals surface area contributed by atoms with Gasteiger partial charge in [-0.05, 0) is 51.3 Å². The molecule has 2 fully saturated rings. The van der Waals surface area contributed by atoms with E-state index in [0.717, 1.165) is 25.2 Å². The normalized spacial score (nSPS) is 25.8. The second-order valence-corrected chi connectivity index (χ2v) is 10.6. The number of benzene rings is 1. The summed E-state index contributed by atoms with van der Waals surface area (Å²) in [5.41, 5.74) is 1.59. The molecule has 1 unspecified atom stereocenters. The molecule has 0 aliphatic carbocycles. The third-order valence-corrected chi connectivity index (χ3v) is 7.14. The van der Waals surface area contributed by atoms with Crippen LogP contribution in [0.2, 0.25) is 0 Å². The lowest BCUT2D eigenvalue weighted by Gasteiger charge is -2.26. The molecule has 0 N–H and O–H groups in total. The molecule has 2 saturated heterocycles. The second-order valence-electron chi connectivity index (χ2n) is 10.6. The van der Waals surface area contributed by atoms with Gasteiger partial charge < -0.3 is 33.2 Å². The monoisotopic (exact) mass is 559 g/mol. The maximum absolute atomic E-state index is 13.5. The first-order chi connectivity index (χ1) is 19.2. The maximum atomic E-state index is 13.5. The number of ketones is 1. The van der Waals surface area contributed by atoms with Gasteiger partial charge in [-0.2, -0.15) is 0 Å². The SMILES string of the molecule is COCOc1cc(OCCN2CCOCC2)cc2c1C(=O)O[C@@H](C)C(C)=CCC(=O)C1OC(C)(C)O[C@H]1CC=C2. The van der Waals surface area contributed by atoms with Crippen LogP contribution in [0.3, 0.4) is 0 Å². The van der Waals surface area contributed by atoms with Gasteiger partial charge in [-0.3, -0.25) is 9.69 Å². The van der Waals surface area contributed by atoms with Crippen LogP contribution in [0.25, 0.3) is 6.08 Å². The summed E-state index contributed by atoms with van der Waals surface area (Å²) in [5, 5.41) is 0. The van der Waals surface area contributed by atoms with Crippen molar-refractivity contribution in [3.8, 4) is 11.5 Å². The zero-order valence-corrected chi connectivity index (χ0v) is 24.1. The lowest BCUT2D eigenvalue weighted by atomic mass is 10.00. The van der Waals surface area contributed by atoms with Gasteiger partial charge in [0.25, 0.3) is 0 Å². The number of ether oxygens (including phenoxy) is 7. The largest absolute Gasteiger partial charge is 0.492 e. The van der Waals surface area contributed by atoms with Crippen LogP contribution in [0.1, 0.15) is 56.5 Å². The number of cyclic esters (lactones) is 1. The Kier molecular flexibility index (Phi) is 10.4. The highest BCUT2D eigenvalue weighted by molar-refractivity contribution is 5.97. The van der Waals surface area contributed by atoms with Crippen molar-refractivity contribution >= 4 is 17.8 Å². The summed E-state index contributed by atoms with van der Waals surface area (Å²) in [6.07, 6.45) is 4.30. The van der Waals surface area contributed by atoms with Crippen LogP contribution in [0.15, 0.2) is 29.9 Å². The topological polar surface area (TPSA) is 102 Å². The Morgan fingerprint density at radius 1 is 1.10 bits per heavy atom. The lowest BCUT2D eigenvalue weighted by Crippen LogP contribution is -2.38. The third kappa shape index (κ3) is 7.92. The third-order valence-electron chi connectivity index (χ3n) is 7.14. The Labute approximate surface area is 236 Å². The molecule has 10 heteroatoms. The van der Waals surface area contributed by atoms with Crippen LogP contribution in [0.4, 0.5) is 0 Å². The highest BCUT2D eigenvalue weighted by atomic mass is 16.8. The van der Waals surface area contributed by atoms with Crippen LogP contribution in [-0.2, 0) is 28.5 Å². The van der Waals surface area contributed by atoms with Gasteiger partial charge in [0, 0.05) is 39.2 Å². The van der Waals surface area contributed by atoms with Crippen molar-refractivity contribution in [2.24, 2.45) is 0 Å². The van der Waals surface area contributed by atoms with Crippen molar-refractivity contribution in [3.63, 3.8) is 0 Å². The molecule has 0 amide bonds. The minimum atomic E-state index is -0.877. The summed E-state index contributed by atoms with van der Waals surface area (Å²) >= 11 is 0. The average Bonchev–Trinajstić information content (AvgIpc) is 3.24. The van der Waals surface area contributed by atoms with Gasteiger partial charge in [-0.25, -0.2) is 4.79 Å². The number of fused-ring (bicyclic) bond motifs is 2. The van der Waals surface area contributed by atoms with Crippen LogP contribution in [-0.4, -0.2) is 94.1 Å². The van der Waals surface area contributed by atoms with Gasteiger partial charge in [0.1, 0.15) is 35.9 Å². The van der Waals surface area contributed by atoms with E-state index in [1.165, 1.54) is 7.11 Å². The molecule has 10 nitrogen and oxygen atoms in total. The molecular formula is C30H41NO9. The molecule has 0 aromatic heterocycles. The Balaban J connectivity index is 1.66. The highest BCUT2D eigenvalue weighted by Gasteiger charge is 2.44. The van der Waals surface area contributed by atoms with E-state index in [-0.39, 0.29) is 24.6 Å². The fourth-order valence-corrected chi connectivity index (χ4v) is 4.86. The number of carbonyl (C=O) groups excluding carboxylic acids is 2. The van der Waals surface area contributed by atoms with E-state index in [2.05, 4.69) is 4.90 Å². The number of hydrogen-bond acceptors (Lipinski definition) is 10. The van der Waals surface area contributed by atoms with E-state index >= 15 is 0 Å². The fourth-order valence-electron chi connectivity index (χ4n) is 4.86. The van der Waals surface area contributed by atoms with Gasteiger partial charge in [0.15, 0.2) is 18.4 Å². The van der Waals surface area contributed by atoms with Crippen molar-refractivity contribution in [2.75, 3.05) is 53.4 Å². The van der Waals surface area contributed by atoms with E-state index < -0.39 is 30.1 Å². The number of Topliss-reactive ketones (excluding diaryl/α,β-unsaturated/α-hetero) is 1. The Morgan fingerprint density at radius 2 is 1.88 bits per heavy atom. The summed E-state index contributed by atoms with van der Waals surface area (Å²) in [4.78, 5) is 28.8. The molecular weight excluding hydrogens is 518 g/mol. The van der Waals surface area contributed by atoms with E-state index in [1.54, 1.807) is 45.1 Å². The number of nitrogens with zero attached hydrogens (tertiary/aromatic N) is 1. The maximum Gasteiger partial charge on any atom is 0.343 e. The van der Waals surface area contributed by atoms with Crippen molar-refractivity contribution in [1.82, 2.24) is 4.90 Å². The van der Waals surface area contributed by atoms with Gasteiger partial charge in [0.2, 0.25) is 0 Å². The summed E-state index contributed by atoms with van der Waals surface area (Å²) in [6, 6.07) is 3.48. The summed E-state index contributed by atoms with van der Waals surface area (Å²) in [5.74, 6) is -0.654. The Morgan fingerprint density at radius 3 is 2.62 bits per heavy atom. The highest BCUT2D eigenvalue weighted by Crippen LogP contribution is 2.34. The van der Waals surface area contributed by atoms with E-state index in [0.29, 0.717) is 43.3 Å². The zero-order chi connectivity index (χ0) is 28.7. The second kappa shape index (κ2) is 13.7. The van der Waals surface area contributed by atoms with Crippen LogP contribution in [0.5, 0.6) is 11.5 Å². The molecule has 3 atom stereocenters. The van der Waals surface area contributed by atoms with Crippen LogP contribution >= 0.6 is 0 Å². The average molecular weight is 560 g/mol. The minimum Gasteiger partial charge on any atom is -0.492 e. The summed E-state index contributed by atoms with van der Waals surface area (Å²) in [6.45, 7) is 11.5. The zero-order valence-electron chi connectivity index (χ0n) is 24.1. The number of allylic oxidation sites excluding steroid dienone is 1. The first-order valence-corrected chi connectivity index (χ1v) is 13.8. The molecule has 40 heavy (non-hydrogen) atoms. The van der Waals surface area contributed by atoms with Gasteiger partial charge in [-0.1, -0.05) is 18.2 Å². The molecule has 3 aliphatic heterocycles. The lowest BCUT2D eigenvalue weighted by molar-refractivity contribution is -0.154. The standard InChI is InChI=1S/C30H41NO9/c1-20-9-10-24(32)28-25(39-30(3,4)40-28)8-6-7-22-17-23(36-16-13-31-11-14-35-15-12-31)18-26(37-19-34-5)27(22)29(33)38-21(20)2/h6-7,9,17-18,21,25,28H,8,10-16,19H2,1-5H3/t21-,25-,28?/m0/s1. The van der Waals surface area contributed by atoms with E-state index in [9.17, 15) is 9.59 Å².